The third kappa shape index (κ3) is 4.90. The second-order valence-electron chi connectivity index (χ2n) is 10.2. The van der Waals surface area contributed by atoms with E-state index in [9.17, 15) is 9.59 Å². The molecule has 0 amide bonds. The summed E-state index contributed by atoms with van der Waals surface area (Å²) in [6.45, 7) is 7.99. The number of nitrogens with two attached hydrogens (primary N) is 3. The lowest BCUT2D eigenvalue weighted by atomic mass is 9.62. The van der Waals surface area contributed by atoms with Gasteiger partial charge in [0.2, 0.25) is 0 Å². The van der Waals surface area contributed by atoms with Crippen molar-refractivity contribution in [3.05, 3.63) is 149 Å². The van der Waals surface area contributed by atoms with Crippen molar-refractivity contribution in [3.63, 3.8) is 0 Å². The molecule has 0 fully saturated rings. The van der Waals surface area contributed by atoms with E-state index in [0.29, 0.717) is 51.3 Å². The minimum absolute atomic E-state index is 0.427. The van der Waals surface area contributed by atoms with Gasteiger partial charge in [0.25, 0.3) is 0 Å². The first-order valence-corrected chi connectivity index (χ1v) is 13.2. The minimum Gasteiger partial charge on any atom is -0.399 e. The Morgan fingerprint density at radius 2 is 1.22 bits per heavy atom. The first-order chi connectivity index (χ1) is 19.8. The Balaban J connectivity index is 1.95. The molecule has 202 valence electrons. The van der Waals surface area contributed by atoms with E-state index in [1.807, 2.05) is 72.8 Å². The van der Waals surface area contributed by atoms with Crippen LogP contribution in [0.3, 0.4) is 0 Å². The molecule has 4 aromatic rings. The summed E-state index contributed by atoms with van der Waals surface area (Å²) in [4.78, 5) is 25.2. The molecule has 0 radical (unpaired) electrons. The van der Waals surface area contributed by atoms with E-state index in [4.69, 9.17) is 17.2 Å². The Hall–Kier alpha value is -5.42. The molecule has 0 aliphatic heterocycles. The van der Waals surface area contributed by atoms with Gasteiger partial charge in [0.1, 0.15) is 0 Å². The molecule has 1 aliphatic rings. The van der Waals surface area contributed by atoms with Crippen molar-refractivity contribution in [1.82, 2.24) is 0 Å². The van der Waals surface area contributed by atoms with Crippen LogP contribution >= 0.6 is 0 Å². The van der Waals surface area contributed by atoms with Gasteiger partial charge >= 0.3 is 0 Å². The van der Waals surface area contributed by atoms with Crippen molar-refractivity contribution in [2.24, 2.45) is 0 Å². The first-order valence-electron chi connectivity index (χ1n) is 13.2. The molecule has 1 aliphatic carbocycles. The van der Waals surface area contributed by atoms with Crippen LogP contribution in [0, 0.1) is 0 Å². The van der Waals surface area contributed by atoms with Gasteiger partial charge in [-0.2, -0.15) is 0 Å². The molecule has 0 saturated heterocycles. The quantitative estimate of drug-likeness (QED) is 0.162. The summed E-state index contributed by atoms with van der Waals surface area (Å²) in [6.07, 6.45) is 9.69. The molecule has 6 N–H and O–H groups in total. The molecule has 1 unspecified atom stereocenters. The van der Waals surface area contributed by atoms with Gasteiger partial charge in [-0.15, -0.1) is 0 Å². The fourth-order valence-electron chi connectivity index (χ4n) is 5.74. The van der Waals surface area contributed by atoms with Crippen LogP contribution < -0.4 is 17.2 Å². The summed E-state index contributed by atoms with van der Waals surface area (Å²) in [5.41, 5.74) is 26.8. The summed E-state index contributed by atoms with van der Waals surface area (Å²) in [5, 5.41) is 0. The predicted octanol–water partition coefficient (Wildman–Crippen LogP) is 7.20. The van der Waals surface area contributed by atoms with E-state index in [2.05, 4.69) is 25.3 Å². The molecular weight excluding hydrogens is 506 g/mol. The number of benzene rings is 4. The number of hydrogen-bond acceptors (Lipinski definition) is 5. The second kappa shape index (κ2) is 11.0. The zero-order valence-electron chi connectivity index (χ0n) is 22.6. The zero-order chi connectivity index (χ0) is 29.1. The van der Waals surface area contributed by atoms with Crippen molar-refractivity contribution in [2.45, 2.75) is 11.8 Å². The standard InChI is InChI=1S/C36H31N3O2/c1-3-23-17-28(21-40)33(4-2)35(34(23)22-41)36(29-9-15-32(39)16-10-29)19-26(24-5-11-30(37)12-6-24)18-27(20-36)25-7-13-31(38)14-8-25/h3-19,21-22H,1-2,20,37-39H2. The molecule has 5 rings (SSSR count). The lowest BCUT2D eigenvalue weighted by Crippen LogP contribution is -2.31. The molecule has 5 nitrogen and oxygen atoms in total. The monoisotopic (exact) mass is 537 g/mol. The van der Waals surface area contributed by atoms with Gasteiger partial charge in [-0.05, 0) is 93.4 Å². The summed E-state index contributed by atoms with van der Waals surface area (Å²) in [5.74, 6) is 0. The van der Waals surface area contributed by atoms with Crippen LogP contribution in [0.25, 0.3) is 23.3 Å². The van der Waals surface area contributed by atoms with Gasteiger partial charge in [-0.3, -0.25) is 9.59 Å². The highest BCUT2D eigenvalue weighted by Crippen LogP contribution is 2.50. The fourth-order valence-corrected chi connectivity index (χ4v) is 5.74. The highest BCUT2D eigenvalue weighted by atomic mass is 16.1. The van der Waals surface area contributed by atoms with Gasteiger partial charge < -0.3 is 17.2 Å². The predicted molar refractivity (Wildman–Crippen MR) is 171 cm³/mol. The number of hydrogen-bond donors (Lipinski definition) is 3. The van der Waals surface area contributed by atoms with Crippen LogP contribution in [0.4, 0.5) is 17.1 Å². The summed E-state index contributed by atoms with van der Waals surface area (Å²) in [7, 11) is 0. The van der Waals surface area contributed by atoms with Crippen LogP contribution in [0.15, 0.2) is 104 Å². The third-order valence-corrected chi connectivity index (χ3v) is 7.74. The molecule has 41 heavy (non-hydrogen) atoms. The number of anilines is 3. The van der Waals surface area contributed by atoms with Crippen LogP contribution in [0.5, 0.6) is 0 Å². The fraction of sp³-hybridized carbons (Fsp3) is 0.0556. The average molecular weight is 538 g/mol. The Bertz CT molecular complexity index is 1690. The highest BCUT2D eigenvalue weighted by Gasteiger charge is 2.40. The number of carbonyl (C=O) groups is 2. The summed E-state index contributed by atoms with van der Waals surface area (Å²) >= 11 is 0. The van der Waals surface area contributed by atoms with Crippen molar-refractivity contribution in [1.29, 1.82) is 0 Å². The van der Waals surface area contributed by atoms with E-state index in [1.165, 1.54) is 0 Å². The van der Waals surface area contributed by atoms with E-state index in [1.54, 1.807) is 18.2 Å². The SMILES string of the molecule is C=Cc1cc(C=O)c(C=C)c(C2(c3ccc(N)cc3)C=C(c3ccc(N)cc3)C=C(c3ccc(N)cc3)C2)c1C=O. The van der Waals surface area contributed by atoms with Gasteiger partial charge in [0.15, 0.2) is 12.6 Å². The Morgan fingerprint density at radius 1 is 0.659 bits per heavy atom. The van der Waals surface area contributed by atoms with E-state index in [-0.39, 0.29) is 0 Å². The van der Waals surface area contributed by atoms with Crippen LogP contribution in [-0.4, -0.2) is 12.6 Å². The molecule has 0 bridgehead atoms. The topological polar surface area (TPSA) is 112 Å². The van der Waals surface area contributed by atoms with Crippen LogP contribution in [-0.2, 0) is 5.41 Å². The zero-order valence-corrected chi connectivity index (χ0v) is 22.6. The minimum atomic E-state index is -0.896. The molecule has 0 heterocycles. The van der Waals surface area contributed by atoms with Crippen molar-refractivity contribution in [3.8, 4) is 0 Å². The molecule has 5 heteroatoms. The number of allylic oxidation sites excluding steroid dienone is 4. The van der Waals surface area contributed by atoms with E-state index >= 15 is 0 Å². The summed E-state index contributed by atoms with van der Waals surface area (Å²) in [6, 6.07) is 24.7. The van der Waals surface area contributed by atoms with Gasteiger partial charge in [0, 0.05) is 33.6 Å². The van der Waals surface area contributed by atoms with Crippen LogP contribution in [0.1, 0.15) is 60.5 Å². The summed E-state index contributed by atoms with van der Waals surface area (Å²) < 4.78 is 0. The first kappa shape index (κ1) is 27.2. The average Bonchev–Trinajstić information content (AvgIpc) is 3.00. The maximum atomic E-state index is 12.9. The van der Waals surface area contributed by atoms with Gasteiger partial charge in [0.05, 0.1) is 0 Å². The van der Waals surface area contributed by atoms with E-state index in [0.717, 1.165) is 40.4 Å². The second-order valence-corrected chi connectivity index (χ2v) is 10.2. The number of aldehydes is 2. The lowest BCUT2D eigenvalue weighted by Gasteiger charge is -2.39. The highest BCUT2D eigenvalue weighted by molar-refractivity contribution is 5.96. The largest absolute Gasteiger partial charge is 0.399 e. The maximum Gasteiger partial charge on any atom is 0.150 e. The Morgan fingerprint density at radius 3 is 1.73 bits per heavy atom. The van der Waals surface area contributed by atoms with Crippen molar-refractivity contribution < 1.29 is 9.59 Å². The number of nitrogen functional groups attached to an aromatic ring is 3. The van der Waals surface area contributed by atoms with E-state index < -0.39 is 5.41 Å². The molecular formula is C36H31N3O2. The number of rotatable bonds is 8. The molecule has 1 atom stereocenters. The molecule has 4 aromatic carbocycles. The Labute approximate surface area is 240 Å². The molecule has 0 saturated carbocycles. The van der Waals surface area contributed by atoms with Crippen molar-refractivity contribution >= 4 is 52.9 Å². The van der Waals surface area contributed by atoms with Gasteiger partial charge in [-0.25, -0.2) is 0 Å². The smallest absolute Gasteiger partial charge is 0.150 e. The lowest BCUT2D eigenvalue weighted by molar-refractivity contribution is 0.111. The maximum absolute atomic E-state index is 12.9. The van der Waals surface area contributed by atoms with Crippen molar-refractivity contribution in [2.75, 3.05) is 17.2 Å². The molecule has 0 aromatic heterocycles. The van der Waals surface area contributed by atoms with Crippen LogP contribution in [0.2, 0.25) is 0 Å². The third-order valence-electron chi connectivity index (χ3n) is 7.74. The van der Waals surface area contributed by atoms with Gasteiger partial charge in [-0.1, -0.05) is 73.9 Å². The number of carbonyl (C=O) groups excluding carboxylic acids is 2. The Kier molecular flexibility index (Phi) is 7.28. The normalized spacial score (nSPS) is 16.3. The molecule has 0 spiro atoms.